The molecule has 1 unspecified atom stereocenters. The topological polar surface area (TPSA) is 34.4 Å². The van der Waals surface area contributed by atoms with E-state index in [2.05, 4.69) is 5.32 Å². The molecule has 2 rings (SSSR count). The SMILES string of the molecule is CCOc1ccc(NC(C)c2ccco2)cc1Cl. The molecule has 0 saturated carbocycles. The van der Waals surface area contributed by atoms with E-state index in [1.807, 2.05) is 44.2 Å². The van der Waals surface area contributed by atoms with Crippen LogP contribution in [0.1, 0.15) is 25.6 Å². The maximum Gasteiger partial charge on any atom is 0.138 e. The van der Waals surface area contributed by atoms with Crippen LogP contribution in [0.5, 0.6) is 5.75 Å². The van der Waals surface area contributed by atoms with Gasteiger partial charge in [-0.1, -0.05) is 11.6 Å². The fraction of sp³-hybridized carbons (Fsp3) is 0.286. The van der Waals surface area contributed by atoms with Crippen LogP contribution in [0.4, 0.5) is 5.69 Å². The number of hydrogen-bond donors (Lipinski definition) is 1. The molecule has 0 aliphatic heterocycles. The van der Waals surface area contributed by atoms with Crippen LogP contribution < -0.4 is 10.1 Å². The Hall–Kier alpha value is -1.61. The average molecular weight is 266 g/mol. The Morgan fingerprint density at radius 3 is 2.83 bits per heavy atom. The zero-order chi connectivity index (χ0) is 13.0. The van der Waals surface area contributed by atoms with Gasteiger partial charge in [-0.05, 0) is 44.2 Å². The molecule has 0 amide bonds. The van der Waals surface area contributed by atoms with Gasteiger partial charge in [-0.25, -0.2) is 0 Å². The molecule has 1 heterocycles. The molecular formula is C14H16ClNO2. The lowest BCUT2D eigenvalue weighted by molar-refractivity contribution is 0.340. The average Bonchev–Trinajstić information content (AvgIpc) is 2.86. The van der Waals surface area contributed by atoms with Crippen molar-refractivity contribution in [3.63, 3.8) is 0 Å². The number of anilines is 1. The van der Waals surface area contributed by atoms with Gasteiger partial charge in [-0.2, -0.15) is 0 Å². The number of benzene rings is 1. The number of rotatable bonds is 5. The predicted octanol–water partition coefficient (Wildman–Crippen LogP) is 4.50. The van der Waals surface area contributed by atoms with Crippen molar-refractivity contribution in [1.82, 2.24) is 0 Å². The fourth-order valence-electron chi connectivity index (χ4n) is 1.72. The minimum atomic E-state index is 0.0917. The van der Waals surface area contributed by atoms with Crippen LogP contribution in [0.15, 0.2) is 41.0 Å². The van der Waals surface area contributed by atoms with Gasteiger partial charge in [0.05, 0.1) is 23.9 Å². The lowest BCUT2D eigenvalue weighted by Gasteiger charge is -2.14. The molecule has 3 nitrogen and oxygen atoms in total. The van der Waals surface area contributed by atoms with Crippen LogP contribution in [0, 0.1) is 0 Å². The highest BCUT2D eigenvalue weighted by atomic mass is 35.5. The third-order valence-corrected chi connectivity index (χ3v) is 2.88. The van der Waals surface area contributed by atoms with Crippen molar-refractivity contribution in [2.45, 2.75) is 19.9 Å². The molecule has 0 saturated heterocycles. The van der Waals surface area contributed by atoms with Crippen molar-refractivity contribution in [3.05, 3.63) is 47.4 Å². The van der Waals surface area contributed by atoms with Crippen molar-refractivity contribution in [2.75, 3.05) is 11.9 Å². The van der Waals surface area contributed by atoms with Gasteiger partial charge in [0.15, 0.2) is 0 Å². The summed E-state index contributed by atoms with van der Waals surface area (Å²) in [5.41, 5.74) is 0.937. The highest BCUT2D eigenvalue weighted by Crippen LogP contribution is 2.29. The molecule has 0 fully saturated rings. The zero-order valence-electron chi connectivity index (χ0n) is 10.4. The summed E-state index contributed by atoms with van der Waals surface area (Å²) in [4.78, 5) is 0. The maximum absolute atomic E-state index is 6.13. The first-order chi connectivity index (χ1) is 8.70. The maximum atomic E-state index is 6.13. The second-order valence-corrected chi connectivity index (χ2v) is 4.37. The van der Waals surface area contributed by atoms with E-state index in [1.54, 1.807) is 6.26 Å². The minimum Gasteiger partial charge on any atom is -0.492 e. The Labute approximate surface area is 112 Å². The van der Waals surface area contributed by atoms with Gasteiger partial charge in [0.1, 0.15) is 11.5 Å². The van der Waals surface area contributed by atoms with E-state index >= 15 is 0 Å². The van der Waals surface area contributed by atoms with Crippen molar-refractivity contribution >= 4 is 17.3 Å². The first kappa shape index (κ1) is 12.8. The number of nitrogens with one attached hydrogen (secondary N) is 1. The van der Waals surface area contributed by atoms with Crippen LogP contribution in [0.3, 0.4) is 0 Å². The van der Waals surface area contributed by atoms with Crippen LogP contribution >= 0.6 is 11.6 Å². The van der Waals surface area contributed by atoms with Crippen LogP contribution in [-0.2, 0) is 0 Å². The molecule has 0 bridgehead atoms. The number of halogens is 1. The van der Waals surface area contributed by atoms with Crippen molar-refractivity contribution in [2.24, 2.45) is 0 Å². The molecule has 0 spiro atoms. The fourth-order valence-corrected chi connectivity index (χ4v) is 1.96. The second-order valence-electron chi connectivity index (χ2n) is 3.96. The molecule has 96 valence electrons. The summed E-state index contributed by atoms with van der Waals surface area (Å²) in [5, 5.41) is 3.93. The largest absolute Gasteiger partial charge is 0.492 e. The molecule has 0 aliphatic carbocycles. The van der Waals surface area contributed by atoms with Crippen LogP contribution in [0.25, 0.3) is 0 Å². The lowest BCUT2D eigenvalue weighted by Crippen LogP contribution is -2.05. The Morgan fingerprint density at radius 1 is 1.39 bits per heavy atom. The van der Waals surface area contributed by atoms with E-state index < -0.39 is 0 Å². The molecular weight excluding hydrogens is 250 g/mol. The van der Waals surface area contributed by atoms with Crippen LogP contribution in [-0.4, -0.2) is 6.61 Å². The molecule has 1 atom stereocenters. The van der Waals surface area contributed by atoms with Crippen molar-refractivity contribution in [1.29, 1.82) is 0 Å². The molecule has 2 aromatic rings. The zero-order valence-corrected chi connectivity index (χ0v) is 11.2. The van der Waals surface area contributed by atoms with Crippen molar-refractivity contribution < 1.29 is 9.15 Å². The van der Waals surface area contributed by atoms with E-state index in [0.29, 0.717) is 17.4 Å². The third-order valence-electron chi connectivity index (χ3n) is 2.58. The summed E-state index contributed by atoms with van der Waals surface area (Å²) in [5.74, 6) is 1.59. The highest BCUT2D eigenvalue weighted by Gasteiger charge is 2.09. The minimum absolute atomic E-state index is 0.0917. The number of furan rings is 1. The van der Waals surface area contributed by atoms with E-state index in [4.69, 9.17) is 20.8 Å². The summed E-state index contributed by atoms with van der Waals surface area (Å²) in [6.07, 6.45) is 1.67. The van der Waals surface area contributed by atoms with E-state index in [9.17, 15) is 0 Å². The summed E-state index contributed by atoms with van der Waals surface area (Å²) in [7, 11) is 0. The van der Waals surface area contributed by atoms with Crippen molar-refractivity contribution in [3.8, 4) is 5.75 Å². The quantitative estimate of drug-likeness (QED) is 0.864. The van der Waals surface area contributed by atoms with Crippen LogP contribution in [0.2, 0.25) is 5.02 Å². The predicted molar refractivity (Wildman–Crippen MR) is 73.4 cm³/mol. The molecule has 4 heteroatoms. The Balaban J connectivity index is 2.08. The van der Waals surface area contributed by atoms with Gasteiger partial charge < -0.3 is 14.5 Å². The summed E-state index contributed by atoms with van der Waals surface area (Å²) in [6, 6.07) is 9.56. The van der Waals surface area contributed by atoms with Gasteiger partial charge in [0, 0.05) is 5.69 Å². The molecule has 1 aromatic heterocycles. The van der Waals surface area contributed by atoms with Gasteiger partial charge >= 0.3 is 0 Å². The highest BCUT2D eigenvalue weighted by molar-refractivity contribution is 6.32. The smallest absolute Gasteiger partial charge is 0.138 e. The molecule has 1 N–H and O–H groups in total. The normalized spacial score (nSPS) is 12.2. The Bertz CT molecular complexity index is 497. The molecule has 0 radical (unpaired) electrons. The van der Waals surface area contributed by atoms with Gasteiger partial charge in [-0.3, -0.25) is 0 Å². The molecule has 18 heavy (non-hydrogen) atoms. The van der Waals surface area contributed by atoms with E-state index in [0.717, 1.165) is 11.4 Å². The molecule has 1 aromatic carbocycles. The summed E-state index contributed by atoms with van der Waals surface area (Å²) < 4.78 is 10.7. The van der Waals surface area contributed by atoms with E-state index in [1.165, 1.54) is 0 Å². The second kappa shape index (κ2) is 5.83. The summed E-state index contributed by atoms with van der Waals surface area (Å²) >= 11 is 6.13. The molecule has 0 aliphatic rings. The first-order valence-corrected chi connectivity index (χ1v) is 6.30. The van der Waals surface area contributed by atoms with Gasteiger partial charge in [0.2, 0.25) is 0 Å². The Kier molecular flexibility index (Phi) is 4.15. The third kappa shape index (κ3) is 2.99. The summed E-state index contributed by atoms with van der Waals surface area (Å²) in [6.45, 7) is 4.57. The number of hydrogen-bond acceptors (Lipinski definition) is 3. The van der Waals surface area contributed by atoms with E-state index in [-0.39, 0.29) is 6.04 Å². The standard InChI is InChI=1S/C14H16ClNO2/c1-3-17-14-7-6-11(9-12(14)15)16-10(2)13-5-4-8-18-13/h4-10,16H,3H2,1-2H3. The van der Waals surface area contributed by atoms with Gasteiger partial charge in [-0.15, -0.1) is 0 Å². The van der Waals surface area contributed by atoms with Gasteiger partial charge in [0.25, 0.3) is 0 Å². The monoisotopic (exact) mass is 265 g/mol. The lowest BCUT2D eigenvalue weighted by atomic mass is 10.2. The first-order valence-electron chi connectivity index (χ1n) is 5.93. The number of ether oxygens (including phenoxy) is 1. The Morgan fingerprint density at radius 2 is 2.22 bits per heavy atom.